The molecular formula is C13H24FN. The van der Waals surface area contributed by atoms with Gasteiger partial charge in [0.2, 0.25) is 0 Å². The Balaban J connectivity index is 0. The molecule has 0 bridgehead atoms. The normalized spacial score (nSPS) is 16.6. The van der Waals surface area contributed by atoms with E-state index in [0.29, 0.717) is 17.7 Å². The Hall–Kier alpha value is -1.05. The fourth-order valence-corrected chi connectivity index (χ4v) is 1.17. The number of hydrogen-bond donors (Lipinski definition) is 1. The van der Waals surface area contributed by atoms with Crippen molar-refractivity contribution in [3.63, 3.8) is 0 Å². The number of alkyl halides is 1. The van der Waals surface area contributed by atoms with E-state index in [-0.39, 0.29) is 7.43 Å². The first-order valence-electron chi connectivity index (χ1n) is 4.80. The maximum Gasteiger partial charge on any atom is 0.133 e. The summed E-state index contributed by atoms with van der Waals surface area (Å²) in [7, 11) is 0. The highest BCUT2D eigenvalue weighted by Crippen LogP contribution is 2.29. The monoisotopic (exact) mass is 213 g/mol. The molecular weight excluding hydrogens is 189 g/mol. The predicted octanol–water partition coefficient (Wildman–Crippen LogP) is 4.13. The van der Waals surface area contributed by atoms with E-state index in [0.717, 1.165) is 5.57 Å². The minimum absolute atomic E-state index is 0. The Morgan fingerprint density at radius 3 is 2.13 bits per heavy atom. The van der Waals surface area contributed by atoms with Crippen LogP contribution < -0.4 is 5.73 Å². The van der Waals surface area contributed by atoms with Crippen molar-refractivity contribution in [3.8, 4) is 0 Å². The minimum atomic E-state index is -1.32. The first-order valence-corrected chi connectivity index (χ1v) is 4.80. The summed E-state index contributed by atoms with van der Waals surface area (Å²) in [4.78, 5) is 0. The molecule has 0 aliphatic carbocycles. The molecule has 1 nitrogen and oxygen atoms in total. The Bertz CT molecular complexity index is 268. The van der Waals surface area contributed by atoms with E-state index >= 15 is 0 Å². The van der Waals surface area contributed by atoms with Gasteiger partial charge in [-0.05, 0) is 38.8 Å². The molecule has 0 aliphatic heterocycles. The molecule has 0 aromatic rings. The van der Waals surface area contributed by atoms with Gasteiger partial charge in [0.25, 0.3) is 0 Å². The summed E-state index contributed by atoms with van der Waals surface area (Å²) in [6.07, 6.45) is 3.85. The zero-order chi connectivity index (χ0) is 11.4. The number of hydrogen-bond acceptors (Lipinski definition) is 1. The highest BCUT2D eigenvalue weighted by molar-refractivity contribution is 5.37. The molecule has 0 rings (SSSR count). The van der Waals surface area contributed by atoms with Gasteiger partial charge < -0.3 is 5.73 Å². The van der Waals surface area contributed by atoms with Gasteiger partial charge in [-0.2, -0.15) is 0 Å². The van der Waals surface area contributed by atoms with Crippen LogP contribution in [0.4, 0.5) is 4.39 Å². The predicted molar refractivity (Wildman–Crippen MR) is 67.4 cm³/mol. The molecule has 0 fully saturated rings. The van der Waals surface area contributed by atoms with Gasteiger partial charge in [0.1, 0.15) is 5.67 Å². The van der Waals surface area contributed by atoms with E-state index in [1.807, 2.05) is 6.92 Å². The van der Waals surface area contributed by atoms with Gasteiger partial charge in [-0.15, -0.1) is 0 Å². The fourth-order valence-electron chi connectivity index (χ4n) is 1.17. The summed E-state index contributed by atoms with van der Waals surface area (Å²) in [5.41, 5.74) is 6.19. The van der Waals surface area contributed by atoms with Crippen LogP contribution in [0.3, 0.4) is 0 Å². The molecule has 0 aromatic carbocycles. The van der Waals surface area contributed by atoms with E-state index < -0.39 is 5.67 Å². The van der Waals surface area contributed by atoms with Crippen LogP contribution in [-0.2, 0) is 0 Å². The number of rotatable bonds is 4. The van der Waals surface area contributed by atoms with Crippen LogP contribution >= 0.6 is 0 Å². The maximum absolute atomic E-state index is 14.0. The molecule has 0 aromatic heterocycles. The van der Waals surface area contributed by atoms with E-state index in [2.05, 4.69) is 6.58 Å². The largest absolute Gasteiger partial charge is 0.402 e. The van der Waals surface area contributed by atoms with Crippen molar-refractivity contribution >= 4 is 0 Å². The maximum atomic E-state index is 14.0. The lowest BCUT2D eigenvalue weighted by Crippen LogP contribution is -2.20. The Labute approximate surface area is 93.6 Å². The summed E-state index contributed by atoms with van der Waals surface area (Å²) in [5.74, 6) is 0. The average molecular weight is 213 g/mol. The van der Waals surface area contributed by atoms with E-state index in [4.69, 9.17) is 5.73 Å². The average Bonchev–Trinajstić information content (AvgIpc) is 2.03. The number of nitrogens with two attached hydrogens (primary N) is 1. The van der Waals surface area contributed by atoms with Gasteiger partial charge in [0.05, 0.1) is 0 Å². The van der Waals surface area contributed by atoms with E-state index in [1.54, 1.807) is 32.9 Å². The van der Waals surface area contributed by atoms with Crippen LogP contribution in [0.25, 0.3) is 0 Å². The van der Waals surface area contributed by atoms with E-state index in [9.17, 15) is 4.39 Å². The topological polar surface area (TPSA) is 26.0 Å². The van der Waals surface area contributed by atoms with Crippen molar-refractivity contribution in [1.29, 1.82) is 0 Å². The Kier molecular flexibility index (Phi) is 7.03. The minimum Gasteiger partial charge on any atom is -0.402 e. The third-order valence-corrected chi connectivity index (χ3v) is 2.20. The van der Waals surface area contributed by atoms with Gasteiger partial charge >= 0.3 is 0 Å². The molecule has 0 saturated carbocycles. The van der Waals surface area contributed by atoms with Crippen molar-refractivity contribution in [2.75, 3.05) is 0 Å². The summed E-state index contributed by atoms with van der Waals surface area (Å²) in [6.45, 7) is 10.7. The molecule has 1 unspecified atom stereocenters. The smallest absolute Gasteiger partial charge is 0.133 e. The summed E-state index contributed by atoms with van der Waals surface area (Å²) in [6, 6.07) is 0. The first-order chi connectivity index (χ1) is 6.31. The second kappa shape index (κ2) is 6.44. The molecule has 0 heterocycles. The molecule has 0 saturated heterocycles. The van der Waals surface area contributed by atoms with Gasteiger partial charge in [0.15, 0.2) is 0 Å². The zero-order valence-electron chi connectivity index (χ0n) is 9.52. The SMILES string of the molecule is C.C=C(C)/C(=C\C=C(/C)N)C(C)(F)CC. The Morgan fingerprint density at radius 2 is 1.87 bits per heavy atom. The third-order valence-electron chi connectivity index (χ3n) is 2.20. The zero-order valence-corrected chi connectivity index (χ0v) is 9.52. The molecule has 2 N–H and O–H groups in total. The first kappa shape index (κ1) is 16.4. The molecule has 1 atom stereocenters. The lowest BCUT2D eigenvalue weighted by Gasteiger charge is -2.22. The Morgan fingerprint density at radius 1 is 1.40 bits per heavy atom. The quantitative estimate of drug-likeness (QED) is 0.698. The summed E-state index contributed by atoms with van der Waals surface area (Å²) in [5, 5.41) is 0. The van der Waals surface area contributed by atoms with Crippen LogP contribution in [0.5, 0.6) is 0 Å². The number of halogens is 1. The van der Waals surface area contributed by atoms with Crippen molar-refractivity contribution in [2.45, 2.75) is 47.2 Å². The highest BCUT2D eigenvalue weighted by Gasteiger charge is 2.25. The fraction of sp³-hybridized carbons (Fsp3) is 0.538. The van der Waals surface area contributed by atoms with Crippen molar-refractivity contribution < 1.29 is 4.39 Å². The molecule has 0 radical (unpaired) electrons. The van der Waals surface area contributed by atoms with Crippen LogP contribution in [0.1, 0.15) is 41.5 Å². The van der Waals surface area contributed by atoms with Crippen molar-refractivity contribution in [3.05, 3.63) is 35.6 Å². The third kappa shape index (κ3) is 5.40. The van der Waals surface area contributed by atoms with Crippen LogP contribution in [0, 0.1) is 0 Å². The van der Waals surface area contributed by atoms with Crippen LogP contribution in [0.2, 0.25) is 0 Å². The van der Waals surface area contributed by atoms with Gasteiger partial charge in [-0.1, -0.05) is 32.6 Å². The van der Waals surface area contributed by atoms with Crippen molar-refractivity contribution in [1.82, 2.24) is 0 Å². The van der Waals surface area contributed by atoms with E-state index in [1.165, 1.54) is 0 Å². The highest BCUT2D eigenvalue weighted by atomic mass is 19.1. The molecule has 0 aliphatic rings. The second-order valence-electron chi connectivity index (χ2n) is 3.82. The number of allylic oxidation sites excluding steroid dienone is 5. The van der Waals surface area contributed by atoms with Gasteiger partial charge in [-0.3, -0.25) is 0 Å². The lowest BCUT2D eigenvalue weighted by molar-refractivity contribution is 0.235. The molecule has 15 heavy (non-hydrogen) atoms. The summed E-state index contributed by atoms with van der Waals surface area (Å²) < 4.78 is 14.0. The molecule has 0 spiro atoms. The molecule has 88 valence electrons. The van der Waals surface area contributed by atoms with Crippen LogP contribution in [0.15, 0.2) is 35.6 Å². The van der Waals surface area contributed by atoms with Crippen molar-refractivity contribution in [2.24, 2.45) is 5.73 Å². The van der Waals surface area contributed by atoms with Gasteiger partial charge in [-0.25, -0.2) is 4.39 Å². The second-order valence-corrected chi connectivity index (χ2v) is 3.82. The molecule has 2 heteroatoms. The van der Waals surface area contributed by atoms with Crippen LogP contribution in [-0.4, -0.2) is 5.67 Å². The standard InChI is InChI=1S/C12H20FN.CH4/c1-6-12(5,13)11(9(2)3)8-7-10(4)14;/h7-8H,2,6,14H2,1,3-5H3;1H4/b10-7+,11-8+;. The summed E-state index contributed by atoms with van der Waals surface area (Å²) >= 11 is 0. The lowest BCUT2D eigenvalue weighted by atomic mass is 9.90. The molecule has 0 amide bonds. The van der Waals surface area contributed by atoms with Gasteiger partial charge in [0, 0.05) is 5.70 Å².